The van der Waals surface area contributed by atoms with E-state index in [1.807, 2.05) is 0 Å². The number of benzene rings is 1. The highest BCUT2D eigenvalue weighted by Crippen LogP contribution is 2.19. The minimum Gasteiger partial charge on any atom is -0.508 e. The van der Waals surface area contributed by atoms with Crippen LogP contribution in [0.25, 0.3) is 11.4 Å². The number of aromatic nitrogens is 2. The first-order valence-corrected chi connectivity index (χ1v) is 4.25. The summed E-state index contributed by atoms with van der Waals surface area (Å²) in [4.78, 5) is 17.2. The van der Waals surface area contributed by atoms with E-state index in [0.717, 1.165) is 6.07 Å². The van der Waals surface area contributed by atoms with Crippen LogP contribution in [0.4, 0.5) is 0 Å². The Bertz CT molecular complexity index is 548. The molecule has 0 saturated carbocycles. The van der Waals surface area contributed by atoms with Gasteiger partial charge in [0.1, 0.15) is 11.6 Å². The van der Waals surface area contributed by atoms with Gasteiger partial charge in [0.2, 0.25) is 5.88 Å². The molecule has 76 valence electrons. The second-order valence-electron chi connectivity index (χ2n) is 3.00. The molecule has 0 radical (unpaired) electrons. The average Bonchev–Trinajstić information content (AvgIpc) is 2.16. The number of rotatable bonds is 1. The lowest BCUT2D eigenvalue weighted by molar-refractivity contribution is 0.451. The first kappa shape index (κ1) is 9.26. The van der Waals surface area contributed by atoms with Crippen LogP contribution in [0.2, 0.25) is 0 Å². The highest BCUT2D eigenvalue weighted by atomic mass is 16.3. The van der Waals surface area contributed by atoms with Gasteiger partial charge in [-0.15, -0.1) is 0 Å². The minimum atomic E-state index is -0.444. The SMILES string of the molecule is O=c1cc(O)nc(-c2cccc(O)c2)[nH]1. The van der Waals surface area contributed by atoms with Crippen LogP contribution in [0.15, 0.2) is 35.1 Å². The third-order valence-corrected chi connectivity index (χ3v) is 1.85. The maximum absolute atomic E-state index is 11.1. The predicted octanol–water partition coefficient (Wildman–Crippen LogP) is 0.848. The number of nitrogens with one attached hydrogen (secondary N) is 1. The second-order valence-corrected chi connectivity index (χ2v) is 3.00. The largest absolute Gasteiger partial charge is 0.508 e. The molecule has 5 nitrogen and oxygen atoms in total. The summed E-state index contributed by atoms with van der Waals surface area (Å²) in [5.74, 6) is -0.0634. The normalized spacial score (nSPS) is 10.1. The van der Waals surface area contributed by atoms with Gasteiger partial charge in [-0.25, -0.2) is 0 Å². The summed E-state index contributed by atoms with van der Waals surface area (Å²) < 4.78 is 0. The molecule has 0 spiro atoms. The van der Waals surface area contributed by atoms with Crippen LogP contribution in [0, 0.1) is 0 Å². The molecule has 1 aromatic carbocycles. The van der Waals surface area contributed by atoms with Crippen molar-refractivity contribution in [2.45, 2.75) is 0 Å². The Hall–Kier alpha value is -2.30. The molecule has 0 aliphatic carbocycles. The zero-order chi connectivity index (χ0) is 10.8. The number of aromatic hydroxyl groups is 2. The van der Waals surface area contributed by atoms with E-state index in [4.69, 9.17) is 5.11 Å². The van der Waals surface area contributed by atoms with Crippen LogP contribution >= 0.6 is 0 Å². The Labute approximate surface area is 84.7 Å². The Morgan fingerprint density at radius 3 is 2.67 bits per heavy atom. The summed E-state index contributed by atoms with van der Waals surface area (Å²) in [5.41, 5.74) is 0.0869. The number of hydrogen-bond donors (Lipinski definition) is 3. The van der Waals surface area contributed by atoms with E-state index in [0.29, 0.717) is 5.56 Å². The lowest BCUT2D eigenvalue weighted by Gasteiger charge is -2.01. The molecule has 0 fully saturated rings. The molecular formula is C10H8N2O3. The van der Waals surface area contributed by atoms with Crippen LogP contribution in [-0.2, 0) is 0 Å². The van der Waals surface area contributed by atoms with E-state index in [1.165, 1.54) is 12.1 Å². The zero-order valence-corrected chi connectivity index (χ0v) is 7.64. The summed E-state index contributed by atoms with van der Waals surface area (Å²) in [6, 6.07) is 7.21. The van der Waals surface area contributed by atoms with Gasteiger partial charge in [-0.05, 0) is 12.1 Å². The lowest BCUT2D eigenvalue weighted by Crippen LogP contribution is -2.06. The molecule has 3 N–H and O–H groups in total. The first-order chi connectivity index (χ1) is 7.15. The maximum Gasteiger partial charge on any atom is 0.254 e. The van der Waals surface area contributed by atoms with Gasteiger partial charge in [-0.2, -0.15) is 4.98 Å². The fourth-order valence-corrected chi connectivity index (χ4v) is 1.23. The number of hydrogen-bond acceptors (Lipinski definition) is 4. The Kier molecular flexibility index (Phi) is 2.13. The van der Waals surface area contributed by atoms with Crippen molar-refractivity contribution in [3.05, 3.63) is 40.7 Å². The molecule has 0 atom stereocenters. The van der Waals surface area contributed by atoms with Crippen molar-refractivity contribution in [3.63, 3.8) is 0 Å². The monoisotopic (exact) mass is 204 g/mol. The molecule has 5 heteroatoms. The van der Waals surface area contributed by atoms with Crippen LogP contribution < -0.4 is 5.56 Å². The van der Waals surface area contributed by atoms with Crippen molar-refractivity contribution < 1.29 is 10.2 Å². The molecule has 15 heavy (non-hydrogen) atoms. The number of aromatic amines is 1. The average molecular weight is 204 g/mol. The van der Waals surface area contributed by atoms with Gasteiger partial charge >= 0.3 is 0 Å². The van der Waals surface area contributed by atoms with Gasteiger partial charge in [0.25, 0.3) is 5.56 Å². The molecule has 0 amide bonds. The third kappa shape index (κ3) is 1.96. The first-order valence-electron chi connectivity index (χ1n) is 4.25. The van der Waals surface area contributed by atoms with Gasteiger partial charge in [0, 0.05) is 5.56 Å². The zero-order valence-electron chi connectivity index (χ0n) is 7.64. The topological polar surface area (TPSA) is 86.2 Å². The highest BCUT2D eigenvalue weighted by molar-refractivity contribution is 5.57. The fraction of sp³-hybridized carbons (Fsp3) is 0. The minimum absolute atomic E-state index is 0.0680. The van der Waals surface area contributed by atoms with Crippen molar-refractivity contribution >= 4 is 0 Å². The van der Waals surface area contributed by atoms with Crippen LogP contribution in [-0.4, -0.2) is 20.2 Å². The standard InChI is InChI=1S/C10H8N2O3/c13-7-3-1-2-6(4-7)10-11-8(14)5-9(15)12-10/h1-5,13H,(H2,11,12,14,15). The van der Waals surface area contributed by atoms with E-state index in [9.17, 15) is 9.90 Å². The molecule has 0 aliphatic rings. The summed E-state index contributed by atoms with van der Waals surface area (Å²) in [5, 5.41) is 18.4. The number of phenols is 1. The van der Waals surface area contributed by atoms with Gasteiger partial charge in [0.05, 0.1) is 6.07 Å². The van der Waals surface area contributed by atoms with E-state index in [2.05, 4.69) is 9.97 Å². The summed E-state index contributed by atoms with van der Waals surface area (Å²) in [6.45, 7) is 0. The molecule has 0 saturated heterocycles. The molecule has 1 heterocycles. The van der Waals surface area contributed by atoms with E-state index in [-0.39, 0.29) is 17.5 Å². The molecule has 0 bridgehead atoms. The van der Waals surface area contributed by atoms with E-state index in [1.54, 1.807) is 12.1 Å². The summed E-state index contributed by atoms with van der Waals surface area (Å²) in [7, 11) is 0. The van der Waals surface area contributed by atoms with Crippen LogP contribution in [0.3, 0.4) is 0 Å². The highest BCUT2D eigenvalue weighted by Gasteiger charge is 2.03. The summed E-state index contributed by atoms with van der Waals surface area (Å²) in [6.07, 6.45) is 0. The predicted molar refractivity (Wildman–Crippen MR) is 53.6 cm³/mol. The smallest absolute Gasteiger partial charge is 0.254 e. The Morgan fingerprint density at radius 1 is 1.20 bits per heavy atom. The second kappa shape index (κ2) is 3.45. The fourth-order valence-electron chi connectivity index (χ4n) is 1.23. The number of phenolic OH excluding ortho intramolecular Hbond substituents is 1. The van der Waals surface area contributed by atoms with Gasteiger partial charge in [-0.3, -0.25) is 4.79 Å². The third-order valence-electron chi connectivity index (χ3n) is 1.85. The van der Waals surface area contributed by atoms with Gasteiger partial charge in [-0.1, -0.05) is 12.1 Å². The van der Waals surface area contributed by atoms with Crippen molar-refractivity contribution in [1.82, 2.24) is 9.97 Å². The summed E-state index contributed by atoms with van der Waals surface area (Å²) >= 11 is 0. The molecular weight excluding hydrogens is 196 g/mol. The lowest BCUT2D eigenvalue weighted by atomic mass is 10.2. The molecule has 2 rings (SSSR count). The molecule has 0 aliphatic heterocycles. The van der Waals surface area contributed by atoms with E-state index >= 15 is 0 Å². The molecule has 0 unspecified atom stereocenters. The molecule has 1 aromatic heterocycles. The number of nitrogens with zero attached hydrogens (tertiary/aromatic N) is 1. The van der Waals surface area contributed by atoms with Crippen molar-refractivity contribution in [2.75, 3.05) is 0 Å². The maximum atomic E-state index is 11.1. The van der Waals surface area contributed by atoms with Gasteiger partial charge in [0.15, 0.2) is 0 Å². The van der Waals surface area contributed by atoms with Crippen molar-refractivity contribution in [2.24, 2.45) is 0 Å². The Morgan fingerprint density at radius 2 is 2.00 bits per heavy atom. The van der Waals surface area contributed by atoms with E-state index < -0.39 is 5.56 Å². The van der Waals surface area contributed by atoms with Crippen molar-refractivity contribution in [3.8, 4) is 23.0 Å². The van der Waals surface area contributed by atoms with Gasteiger partial charge < -0.3 is 15.2 Å². The Balaban J connectivity index is 2.59. The van der Waals surface area contributed by atoms with Crippen LogP contribution in [0.5, 0.6) is 11.6 Å². The number of H-pyrrole nitrogens is 1. The van der Waals surface area contributed by atoms with Crippen LogP contribution in [0.1, 0.15) is 0 Å². The molecule has 2 aromatic rings. The quantitative estimate of drug-likeness (QED) is 0.642. The van der Waals surface area contributed by atoms with Crippen molar-refractivity contribution in [1.29, 1.82) is 0 Å².